The van der Waals surface area contributed by atoms with E-state index in [1.807, 2.05) is 6.92 Å². The molecule has 0 aliphatic carbocycles. The second-order valence-corrected chi connectivity index (χ2v) is 4.45. The molecular formula is C14H21FN2O2. The van der Waals surface area contributed by atoms with Gasteiger partial charge in [-0.3, -0.25) is 10.1 Å². The average Bonchev–Trinajstić information content (AvgIpc) is 2.39. The van der Waals surface area contributed by atoms with E-state index in [-0.39, 0.29) is 23.8 Å². The molecule has 0 radical (unpaired) electrons. The number of carbonyl (C=O) groups excluding carboxylic acids is 1. The number of benzene rings is 1. The van der Waals surface area contributed by atoms with Crippen LogP contribution in [-0.4, -0.2) is 32.2 Å². The standard InChI is InChI=1S/C14H21FN2O2/c1-10(12-4-6-13(15)7-5-12)17-11(2)14(18)16-8-9-19-3/h4-7,10-11,17H,8-9H2,1-3H3,(H,16,18)/t10-,11?/m1/s1. The predicted molar refractivity (Wildman–Crippen MR) is 72.3 cm³/mol. The van der Waals surface area contributed by atoms with Crippen molar-refractivity contribution in [1.29, 1.82) is 0 Å². The molecule has 4 nitrogen and oxygen atoms in total. The van der Waals surface area contributed by atoms with Gasteiger partial charge in [-0.2, -0.15) is 0 Å². The second-order valence-electron chi connectivity index (χ2n) is 4.45. The molecule has 0 aliphatic heterocycles. The molecule has 0 heterocycles. The normalized spacial score (nSPS) is 13.9. The molecule has 0 aromatic heterocycles. The van der Waals surface area contributed by atoms with Crippen LogP contribution in [0.15, 0.2) is 24.3 Å². The van der Waals surface area contributed by atoms with Gasteiger partial charge in [-0.25, -0.2) is 4.39 Å². The van der Waals surface area contributed by atoms with Crippen LogP contribution >= 0.6 is 0 Å². The van der Waals surface area contributed by atoms with Crippen molar-refractivity contribution in [2.24, 2.45) is 0 Å². The molecule has 1 aromatic carbocycles. The van der Waals surface area contributed by atoms with Gasteiger partial charge in [-0.05, 0) is 31.5 Å². The number of rotatable bonds is 7. The number of ether oxygens (including phenoxy) is 1. The average molecular weight is 268 g/mol. The second kappa shape index (κ2) is 7.86. The summed E-state index contributed by atoms with van der Waals surface area (Å²) in [6.45, 7) is 4.71. The SMILES string of the molecule is COCCNC(=O)C(C)N[C@H](C)c1ccc(F)cc1. The number of halogens is 1. The van der Waals surface area contributed by atoms with E-state index in [0.717, 1.165) is 5.56 Å². The molecule has 0 saturated heterocycles. The van der Waals surface area contributed by atoms with Crippen molar-refractivity contribution >= 4 is 5.91 Å². The highest BCUT2D eigenvalue weighted by atomic mass is 19.1. The number of hydrogen-bond acceptors (Lipinski definition) is 3. The van der Waals surface area contributed by atoms with Gasteiger partial charge in [-0.1, -0.05) is 12.1 Å². The third-order valence-corrected chi connectivity index (χ3v) is 2.87. The van der Waals surface area contributed by atoms with Crippen LogP contribution in [0.4, 0.5) is 4.39 Å². The van der Waals surface area contributed by atoms with Gasteiger partial charge in [0.15, 0.2) is 0 Å². The van der Waals surface area contributed by atoms with Crippen LogP contribution in [0.1, 0.15) is 25.5 Å². The van der Waals surface area contributed by atoms with E-state index in [0.29, 0.717) is 13.2 Å². The van der Waals surface area contributed by atoms with Crippen LogP contribution in [0.3, 0.4) is 0 Å². The lowest BCUT2D eigenvalue weighted by Gasteiger charge is -2.20. The molecule has 2 atom stereocenters. The zero-order chi connectivity index (χ0) is 14.3. The highest BCUT2D eigenvalue weighted by Gasteiger charge is 2.15. The lowest BCUT2D eigenvalue weighted by Crippen LogP contribution is -2.44. The Balaban J connectivity index is 2.44. The van der Waals surface area contributed by atoms with Crippen molar-refractivity contribution in [3.8, 4) is 0 Å². The zero-order valence-corrected chi connectivity index (χ0v) is 11.6. The Morgan fingerprint density at radius 2 is 1.95 bits per heavy atom. The Morgan fingerprint density at radius 3 is 2.53 bits per heavy atom. The van der Waals surface area contributed by atoms with E-state index < -0.39 is 0 Å². The van der Waals surface area contributed by atoms with E-state index in [1.54, 1.807) is 26.2 Å². The van der Waals surface area contributed by atoms with E-state index in [4.69, 9.17) is 4.74 Å². The summed E-state index contributed by atoms with van der Waals surface area (Å²) < 4.78 is 17.7. The van der Waals surface area contributed by atoms with Gasteiger partial charge in [-0.15, -0.1) is 0 Å². The summed E-state index contributed by atoms with van der Waals surface area (Å²) in [4.78, 5) is 11.7. The summed E-state index contributed by atoms with van der Waals surface area (Å²) in [5.41, 5.74) is 0.943. The first-order chi connectivity index (χ1) is 9.04. The Hall–Kier alpha value is -1.46. The van der Waals surface area contributed by atoms with Crippen LogP contribution < -0.4 is 10.6 Å². The Kier molecular flexibility index (Phi) is 6.45. The fourth-order valence-corrected chi connectivity index (χ4v) is 1.73. The number of amides is 1. The van der Waals surface area contributed by atoms with Gasteiger partial charge < -0.3 is 10.1 Å². The summed E-state index contributed by atoms with van der Waals surface area (Å²) in [7, 11) is 1.59. The van der Waals surface area contributed by atoms with Crippen molar-refractivity contribution < 1.29 is 13.9 Å². The Bertz CT molecular complexity index is 395. The summed E-state index contributed by atoms with van der Waals surface area (Å²) >= 11 is 0. The molecular weight excluding hydrogens is 247 g/mol. The molecule has 0 spiro atoms. The van der Waals surface area contributed by atoms with Gasteiger partial charge in [0.2, 0.25) is 5.91 Å². The first kappa shape index (κ1) is 15.6. The largest absolute Gasteiger partial charge is 0.383 e. The van der Waals surface area contributed by atoms with Crippen LogP contribution in [0, 0.1) is 5.82 Å². The monoisotopic (exact) mass is 268 g/mol. The molecule has 19 heavy (non-hydrogen) atoms. The minimum Gasteiger partial charge on any atom is -0.383 e. The van der Waals surface area contributed by atoms with Crippen LogP contribution in [0.25, 0.3) is 0 Å². The lowest BCUT2D eigenvalue weighted by atomic mass is 10.1. The number of hydrogen-bond donors (Lipinski definition) is 2. The van der Waals surface area contributed by atoms with Crippen molar-refractivity contribution in [3.63, 3.8) is 0 Å². The van der Waals surface area contributed by atoms with E-state index >= 15 is 0 Å². The first-order valence-corrected chi connectivity index (χ1v) is 6.32. The zero-order valence-electron chi connectivity index (χ0n) is 11.6. The van der Waals surface area contributed by atoms with Crippen LogP contribution in [-0.2, 0) is 9.53 Å². The molecule has 5 heteroatoms. The highest BCUT2D eigenvalue weighted by molar-refractivity contribution is 5.81. The lowest BCUT2D eigenvalue weighted by molar-refractivity contribution is -0.123. The summed E-state index contributed by atoms with van der Waals surface area (Å²) in [6, 6.07) is 5.90. The van der Waals surface area contributed by atoms with Crippen molar-refractivity contribution in [1.82, 2.24) is 10.6 Å². The number of nitrogens with one attached hydrogen (secondary N) is 2. The molecule has 0 saturated carbocycles. The van der Waals surface area contributed by atoms with Crippen LogP contribution in [0.2, 0.25) is 0 Å². The molecule has 0 bridgehead atoms. The fraction of sp³-hybridized carbons (Fsp3) is 0.500. The summed E-state index contributed by atoms with van der Waals surface area (Å²) in [5.74, 6) is -0.340. The molecule has 0 fully saturated rings. The fourth-order valence-electron chi connectivity index (χ4n) is 1.73. The molecule has 1 rings (SSSR count). The van der Waals surface area contributed by atoms with E-state index in [9.17, 15) is 9.18 Å². The summed E-state index contributed by atoms with van der Waals surface area (Å²) in [6.07, 6.45) is 0. The highest BCUT2D eigenvalue weighted by Crippen LogP contribution is 2.13. The van der Waals surface area contributed by atoms with E-state index in [1.165, 1.54) is 12.1 Å². The maximum Gasteiger partial charge on any atom is 0.236 e. The Morgan fingerprint density at radius 1 is 1.32 bits per heavy atom. The maximum atomic E-state index is 12.8. The predicted octanol–water partition coefficient (Wildman–Crippen LogP) is 1.63. The molecule has 1 aromatic rings. The third kappa shape index (κ3) is 5.36. The van der Waals surface area contributed by atoms with Gasteiger partial charge in [0.05, 0.1) is 12.6 Å². The van der Waals surface area contributed by atoms with Crippen molar-refractivity contribution in [2.45, 2.75) is 25.9 Å². The van der Waals surface area contributed by atoms with Crippen LogP contribution in [0.5, 0.6) is 0 Å². The molecule has 106 valence electrons. The van der Waals surface area contributed by atoms with Crippen molar-refractivity contribution in [3.05, 3.63) is 35.6 Å². The molecule has 1 amide bonds. The maximum absolute atomic E-state index is 12.8. The molecule has 2 N–H and O–H groups in total. The molecule has 0 aliphatic rings. The Labute approximate surface area is 113 Å². The van der Waals surface area contributed by atoms with Gasteiger partial charge in [0, 0.05) is 19.7 Å². The number of methoxy groups -OCH3 is 1. The first-order valence-electron chi connectivity index (χ1n) is 6.32. The van der Waals surface area contributed by atoms with Crippen molar-refractivity contribution in [2.75, 3.05) is 20.3 Å². The van der Waals surface area contributed by atoms with Gasteiger partial charge >= 0.3 is 0 Å². The quantitative estimate of drug-likeness (QED) is 0.739. The topological polar surface area (TPSA) is 50.4 Å². The minimum atomic E-state index is -0.322. The van der Waals surface area contributed by atoms with Gasteiger partial charge in [0.1, 0.15) is 5.82 Å². The van der Waals surface area contributed by atoms with Gasteiger partial charge in [0.25, 0.3) is 0 Å². The smallest absolute Gasteiger partial charge is 0.236 e. The van der Waals surface area contributed by atoms with E-state index in [2.05, 4.69) is 10.6 Å². The number of carbonyl (C=O) groups is 1. The third-order valence-electron chi connectivity index (χ3n) is 2.87. The molecule has 1 unspecified atom stereocenters. The minimum absolute atomic E-state index is 0.0243. The summed E-state index contributed by atoms with van der Waals surface area (Å²) in [5, 5.41) is 5.93.